The van der Waals surface area contributed by atoms with Gasteiger partial charge in [-0.1, -0.05) is 20.3 Å². The third kappa shape index (κ3) is 2.97. The van der Waals surface area contributed by atoms with Crippen molar-refractivity contribution in [2.45, 2.75) is 39.0 Å². The largest absolute Gasteiger partial charge is 0.364 e. The Kier molecular flexibility index (Phi) is 4.36. The van der Waals surface area contributed by atoms with Crippen molar-refractivity contribution < 1.29 is 22.4 Å². The Morgan fingerprint density at radius 1 is 1.38 bits per heavy atom. The third-order valence-electron chi connectivity index (χ3n) is 1.77. The number of hydrogen-bond acceptors (Lipinski definition) is 1. The van der Waals surface area contributed by atoms with Gasteiger partial charge in [-0.2, -0.15) is 8.78 Å². The zero-order valence-corrected chi connectivity index (χ0v) is 7.49. The average molecular weight is 200 g/mol. The highest BCUT2D eigenvalue weighted by Crippen LogP contribution is 2.28. The minimum absolute atomic E-state index is 0.209. The van der Waals surface area contributed by atoms with Crippen LogP contribution in [-0.4, -0.2) is 18.1 Å². The van der Waals surface area contributed by atoms with Crippen LogP contribution in [0, 0.1) is 5.92 Å². The Balaban J connectivity index is 4.40. The van der Waals surface area contributed by atoms with E-state index in [1.54, 1.807) is 6.92 Å². The van der Waals surface area contributed by atoms with Crippen molar-refractivity contribution in [2.75, 3.05) is 0 Å². The molecular weight excluding hydrogens is 188 g/mol. The summed E-state index contributed by atoms with van der Waals surface area (Å²) in [6.07, 6.45) is -3.17. The molecule has 0 N–H and O–H groups in total. The zero-order valence-electron chi connectivity index (χ0n) is 7.49. The standard InChI is InChI=1S/C8H12F4O/c1-3-4-5(2)6(13)8(11,12)7(9)10/h5,7H,3-4H2,1-2H3. The lowest BCUT2D eigenvalue weighted by Gasteiger charge is -2.17. The zero-order chi connectivity index (χ0) is 10.6. The molecule has 0 amide bonds. The molecule has 0 saturated heterocycles. The van der Waals surface area contributed by atoms with E-state index >= 15 is 0 Å². The maximum atomic E-state index is 12.4. The number of alkyl halides is 4. The van der Waals surface area contributed by atoms with Gasteiger partial charge in [0.05, 0.1) is 0 Å². The fourth-order valence-corrected chi connectivity index (χ4v) is 1.00. The minimum Gasteiger partial charge on any atom is -0.292 e. The van der Waals surface area contributed by atoms with Crippen LogP contribution < -0.4 is 0 Å². The molecule has 0 aromatic heterocycles. The molecule has 1 atom stereocenters. The van der Waals surface area contributed by atoms with Gasteiger partial charge in [0, 0.05) is 5.92 Å². The van der Waals surface area contributed by atoms with Gasteiger partial charge in [0.25, 0.3) is 0 Å². The highest BCUT2D eigenvalue weighted by atomic mass is 19.3. The van der Waals surface area contributed by atoms with E-state index in [-0.39, 0.29) is 6.42 Å². The highest BCUT2D eigenvalue weighted by molar-refractivity contribution is 5.87. The van der Waals surface area contributed by atoms with Crippen molar-refractivity contribution in [1.29, 1.82) is 0 Å². The van der Waals surface area contributed by atoms with Crippen LogP contribution in [0.15, 0.2) is 0 Å². The predicted molar refractivity (Wildman–Crippen MR) is 40.0 cm³/mol. The molecule has 0 spiro atoms. The fraction of sp³-hybridized carbons (Fsp3) is 0.875. The number of rotatable bonds is 5. The van der Waals surface area contributed by atoms with Gasteiger partial charge in [0.1, 0.15) is 0 Å². The first-order valence-corrected chi connectivity index (χ1v) is 4.04. The molecule has 0 aliphatic heterocycles. The van der Waals surface area contributed by atoms with Gasteiger partial charge in [-0.25, -0.2) is 8.78 Å². The summed E-state index contributed by atoms with van der Waals surface area (Å²) >= 11 is 0. The molecule has 0 aromatic rings. The predicted octanol–water partition coefficient (Wildman–Crippen LogP) is 2.89. The van der Waals surface area contributed by atoms with Crippen molar-refractivity contribution in [2.24, 2.45) is 5.92 Å². The molecule has 13 heavy (non-hydrogen) atoms. The molecule has 0 bridgehead atoms. The number of ketones is 1. The van der Waals surface area contributed by atoms with E-state index in [4.69, 9.17) is 0 Å². The lowest BCUT2D eigenvalue weighted by Crippen LogP contribution is -2.40. The molecule has 0 aliphatic rings. The number of Topliss-reactive ketones (excluding diaryl/α,β-unsaturated/α-hetero) is 1. The van der Waals surface area contributed by atoms with Crippen LogP contribution in [-0.2, 0) is 4.79 Å². The molecule has 0 saturated carbocycles. The molecule has 0 aromatic carbocycles. The van der Waals surface area contributed by atoms with Gasteiger partial charge in [0.2, 0.25) is 5.78 Å². The van der Waals surface area contributed by atoms with Gasteiger partial charge in [-0.3, -0.25) is 4.79 Å². The lowest BCUT2D eigenvalue weighted by atomic mass is 9.97. The van der Waals surface area contributed by atoms with E-state index in [0.717, 1.165) is 0 Å². The van der Waals surface area contributed by atoms with E-state index in [1.807, 2.05) is 0 Å². The van der Waals surface area contributed by atoms with Crippen LogP contribution in [0.5, 0.6) is 0 Å². The first kappa shape index (κ1) is 12.4. The van der Waals surface area contributed by atoms with E-state index < -0.39 is 24.0 Å². The van der Waals surface area contributed by atoms with Crippen LogP contribution in [0.4, 0.5) is 17.6 Å². The highest BCUT2D eigenvalue weighted by Gasteiger charge is 2.49. The van der Waals surface area contributed by atoms with Crippen molar-refractivity contribution in [3.05, 3.63) is 0 Å². The van der Waals surface area contributed by atoms with Gasteiger partial charge in [0.15, 0.2) is 0 Å². The average Bonchev–Trinajstić information content (AvgIpc) is 2.03. The number of halogens is 4. The van der Waals surface area contributed by atoms with Crippen molar-refractivity contribution in [1.82, 2.24) is 0 Å². The molecule has 0 aliphatic carbocycles. The second-order valence-electron chi connectivity index (χ2n) is 2.98. The van der Waals surface area contributed by atoms with Crippen molar-refractivity contribution in [3.8, 4) is 0 Å². The Morgan fingerprint density at radius 3 is 2.15 bits per heavy atom. The Morgan fingerprint density at radius 2 is 1.85 bits per heavy atom. The smallest absolute Gasteiger partial charge is 0.292 e. The molecule has 0 fully saturated rings. The molecule has 78 valence electrons. The van der Waals surface area contributed by atoms with Crippen LogP contribution in [0.25, 0.3) is 0 Å². The Hall–Kier alpha value is -0.610. The second kappa shape index (κ2) is 4.58. The number of carbonyl (C=O) groups is 1. The number of carbonyl (C=O) groups excluding carboxylic acids is 1. The van der Waals surface area contributed by atoms with Crippen molar-refractivity contribution in [3.63, 3.8) is 0 Å². The number of hydrogen-bond donors (Lipinski definition) is 0. The fourth-order valence-electron chi connectivity index (χ4n) is 1.00. The SMILES string of the molecule is CCCC(C)C(=O)C(F)(F)C(F)F. The molecule has 1 unspecified atom stereocenters. The molecular formula is C8H12F4O. The lowest BCUT2D eigenvalue weighted by molar-refractivity contribution is -0.171. The first-order valence-electron chi connectivity index (χ1n) is 4.04. The van der Waals surface area contributed by atoms with E-state index in [0.29, 0.717) is 6.42 Å². The van der Waals surface area contributed by atoms with Crippen LogP contribution in [0.3, 0.4) is 0 Å². The summed E-state index contributed by atoms with van der Waals surface area (Å²) < 4.78 is 48.2. The summed E-state index contributed by atoms with van der Waals surface area (Å²) in [6.45, 7) is 2.94. The summed E-state index contributed by atoms with van der Waals surface area (Å²) in [5.74, 6) is -7.16. The Bertz CT molecular complexity index is 179. The summed E-state index contributed by atoms with van der Waals surface area (Å²) in [5.41, 5.74) is 0. The minimum atomic E-state index is -4.49. The maximum Gasteiger partial charge on any atom is 0.364 e. The van der Waals surface area contributed by atoms with E-state index in [2.05, 4.69) is 0 Å². The maximum absolute atomic E-state index is 12.4. The molecule has 0 heterocycles. The molecule has 1 nitrogen and oxygen atoms in total. The van der Waals surface area contributed by atoms with Gasteiger partial charge in [-0.05, 0) is 6.42 Å². The summed E-state index contributed by atoms with van der Waals surface area (Å²) in [4.78, 5) is 10.8. The van der Waals surface area contributed by atoms with Crippen molar-refractivity contribution >= 4 is 5.78 Å². The third-order valence-corrected chi connectivity index (χ3v) is 1.77. The normalized spacial score (nSPS) is 14.7. The summed E-state index contributed by atoms with van der Waals surface area (Å²) in [5, 5.41) is 0. The van der Waals surface area contributed by atoms with Crippen LogP contribution in [0.2, 0.25) is 0 Å². The van der Waals surface area contributed by atoms with Gasteiger partial charge < -0.3 is 0 Å². The Labute approximate surface area is 74.1 Å². The van der Waals surface area contributed by atoms with E-state index in [1.165, 1.54) is 6.92 Å². The quantitative estimate of drug-likeness (QED) is 0.623. The van der Waals surface area contributed by atoms with Gasteiger partial charge >= 0.3 is 12.3 Å². The molecule has 0 radical (unpaired) electrons. The first-order chi connectivity index (χ1) is 5.84. The topological polar surface area (TPSA) is 17.1 Å². The van der Waals surface area contributed by atoms with E-state index in [9.17, 15) is 22.4 Å². The van der Waals surface area contributed by atoms with Crippen LogP contribution in [0.1, 0.15) is 26.7 Å². The summed E-state index contributed by atoms with van der Waals surface area (Å²) in [6, 6.07) is 0. The molecule has 5 heteroatoms. The van der Waals surface area contributed by atoms with Gasteiger partial charge in [-0.15, -0.1) is 0 Å². The molecule has 0 rings (SSSR count). The monoisotopic (exact) mass is 200 g/mol. The second-order valence-corrected chi connectivity index (χ2v) is 2.98. The summed E-state index contributed by atoms with van der Waals surface area (Å²) in [7, 11) is 0. The van der Waals surface area contributed by atoms with Crippen LogP contribution >= 0.6 is 0 Å².